The van der Waals surface area contributed by atoms with Crippen LogP contribution in [0.25, 0.3) is 0 Å². The van der Waals surface area contributed by atoms with Crippen LogP contribution in [-0.2, 0) is 29.2 Å². The number of nitrogens with zero attached hydrogens (tertiary/aromatic N) is 2. The minimum absolute atomic E-state index is 0.110. The number of carbonyl (C=O) groups is 4. The Morgan fingerprint density at radius 1 is 0.976 bits per heavy atom. The van der Waals surface area contributed by atoms with Crippen molar-refractivity contribution in [1.82, 2.24) is 14.5 Å². The summed E-state index contributed by atoms with van der Waals surface area (Å²) in [4.78, 5) is 48.1. The summed E-state index contributed by atoms with van der Waals surface area (Å²) in [6.07, 6.45) is -1.06. The number of hydrogen-bond donors (Lipinski definition) is 2. The van der Waals surface area contributed by atoms with Gasteiger partial charge in [-0.15, -0.1) is 0 Å². The molecule has 41 heavy (non-hydrogen) atoms. The molecule has 222 valence electrons. The second kappa shape index (κ2) is 12.5. The number of carbonyl (C=O) groups excluding carboxylic acids is 3. The Morgan fingerprint density at radius 2 is 1.56 bits per heavy atom. The molecule has 0 aromatic heterocycles. The van der Waals surface area contributed by atoms with Crippen LogP contribution in [0.4, 0.5) is 26.3 Å². The minimum atomic E-state index is -4.78. The number of carboxylic acid groups (broad SMARTS) is 1. The number of piperazine rings is 1. The molecule has 0 saturated carbocycles. The van der Waals surface area contributed by atoms with Crippen molar-refractivity contribution in [3.63, 3.8) is 0 Å². The normalized spacial score (nSPS) is 15.0. The highest BCUT2D eigenvalue weighted by molar-refractivity contribution is 7.89. The number of amides is 2. The van der Waals surface area contributed by atoms with Crippen LogP contribution < -0.4 is 10.1 Å². The van der Waals surface area contributed by atoms with Gasteiger partial charge in [0.2, 0.25) is 33.5 Å². The van der Waals surface area contributed by atoms with Gasteiger partial charge in [0.25, 0.3) is 0 Å². The van der Waals surface area contributed by atoms with Gasteiger partial charge in [0.1, 0.15) is 24.3 Å². The number of carboxylic acids is 1. The Morgan fingerprint density at radius 3 is 2.10 bits per heavy atom. The summed E-state index contributed by atoms with van der Waals surface area (Å²) < 4.78 is 113. The van der Waals surface area contributed by atoms with Crippen LogP contribution in [0.2, 0.25) is 0 Å². The van der Waals surface area contributed by atoms with Crippen molar-refractivity contribution in [3.05, 3.63) is 59.2 Å². The first-order valence-corrected chi connectivity index (χ1v) is 12.8. The third-order valence-corrected chi connectivity index (χ3v) is 7.57. The molecule has 1 aliphatic rings. The smallest absolute Gasteiger partial charge is 0.305 e. The molecule has 1 fully saturated rings. The van der Waals surface area contributed by atoms with E-state index in [1.54, 1.807) is 0 Å². The Hall–Kier alpha value is -4.19. The molecule has 2 amide bonds. The quantitative estimate of drug-likeness (QED) is 0.282. The van der Waals surface area contributed by atoms with Gasteiger partial charge in [0.15, 0.2) is 28.1 Å². The number of benzene rings is 2. The average molecular weight is 611 g/mol. The fourth-order valence-corrected chi connectivity index (χ4v) is 5.16. The Kier molecular flexibility index (Phi) is 9.59. The van der Waals surface area contributed by atoms with Crippen LogP contribution in [0.15, 0.2) is 29.2 Å². The predicted octanol–water partition coefficient (Wildman–Crippen LogP) is 0.962. The van der Waals surface area contributed by atoms with Crippen molar-refractivity contribution in [3.8, 4) is 5.75 Å². The summed E-state index contributed by atoms with van der Waals surface area (Å²) in [5.41, 5.74) is 0. The molecule has 1 heterocycles. The van der Waals surface area contributed by atoms with E-state index in [0.717, 1.165) is 11.0 Å². The molecule has 0 bridgehead atoms. The first-order chi connectivity index (χ1) is 19.1. The van der Waals surface area contributed by atoms with Crippen LogP contribution in [0, 0.1) is 34.9 Å². The summed E-state index contributed by atoms with van der Waals surface area (Å²) in [5.74, 6) is -17.0. The lowest BCUT2D eigenvalue weighted by atomic mass is 10.1. The summed E-state index contributed by atoms with van der Waals surface area (Å²) in [6, 6.07) is 0.369. The molecular weight excluding hydrogens is 592 g/mol. The second-order valence-corrected chi connectivity index (χ2v) is 10.3. The Bertz CT molecular complexity index is 1460. The molecule has 0 radical (unpaired) electrons. The molecule has 11 nitrogen and oxygen atoms in total. The average Bonchev–Trinajstić information content (AvgIpc) is 2.87. The maximum absolute atomic E-state index is 14.0. The van der Waals surface area contributed by atoms with E-state index >= 15 is 0 Å². The van der Waals surface area contributed by atoms with Crippen molar-refractivity contribution in [2.24, 2.45) is 0 Å². The maximum Gasteiger partial charge on any atom is 0.305 e. The standard InChI is InChI=1S/C23H19F6N3O8S/c24-11-2-1-3-12(25)23(11)41(38,39)32-5-4-31(18(35)9-32)8-17(34)30-15(7-19(36)37)16(33)10-40-22-20(28)13(26)6-14(27)21(22)29/h1-3,6,15H,4-5,7-10H2,(H,30,34)(H,36,37). The van der Waals surface area contributed by atoms with Crippen molar-refractivity contribution in [1.29, 1.82) is 0 Å². The lowest BCUT2D eigenvalue weighted by molar-refractivity contribution is -0.142. The van der Waals surface area contributed by atoms with Crippen molar-refractivity contribution in [2.45, 2.75) is 17.4 Å². The first-order valence-electron chi connectivity index (χ1n) is 11.3. The molecule has 2 N–H and O–H groups in total. The lowest BCUT2D eigenvalue weighted by Gasteiger charge is -2.33. The van der Waals surface area contributed by atoms with Gasteiger partial charge in [0.05, 0.1) is 19.5 Å². The van der Waals surface area contributed by atoms with Gasteiger partial charge >= 0.3 is 5.97 Å². The van der Waals surface area contributed by atoms with E-state index in [1.165, 1.54) is 0 Å². The van der Waals surface area contributed by atoms with Gasteiger partial charge in [-0.1, -0.05) is 6.07 Å². The molecule has 1 atom stereocenters. The Balaban J connectivity index is 1.64. The monoisotopic (exact) mass is 611 g/mol. The topological polar surface area (TPSA) is 150 Å². The van der Waals surface area contributed by atoms with Gasteiger partial charge in [-0.25, -0.2) is 26.0 Å². The summed E-state index contributed by atoms with van der Waals surface area (Å²) in [5, 5.41) is 11.0. The van der Waals surface area contributed by atoms with Crippen LogP contribution in [0.1, 0.15) is 6.42 Å². The van der Waals surface area contributed by atoms with E-state index < -0.39 is 124 Å². The SMILES string of the molecule is O=C(O)CC(NC(=O)CN1CCN(S(=O)(=O)c2c(F)cccc2F)CC1=O)C(=O)COc1c(F)c(F)cc(F)c1F. The van der Waals surface area contributed by atoms with E-state index in [2.05, 4.69) is 4.74 Å². The third-order valence-electron chi connectivity index (χ3n) is 5.67. The zero-order valence-electron chi connectivity index (χ0n) is 20.5. The van der Waals surface area contributed by atoms with Gasteiger partial charge < -0.3 is 20.1 Å². The fraction of sp³-hybridized carbons (Fsp3) is 0.304. The third kappa shape index (κ3) is 7.12. The first kappa shape index (κ1) is 31.3. The molecular formula is C23H19F6N3O8S. The molecule has 0 spiro atoms. The van der Waals surface area contributed by atoms with Crippen LogP contribution in [0.3, 0.4) is 0 Å². The van der Waals surface area contributed by atoms with E-state index in [9.17, 15) is 53.9 Å². The number of Topliss-reactive ketones (excluding diaryl/α,β-unsaturated/α-hetero) is 1. The highest BCUT2D eigenvalue weighted by Gasteiger charge is 2.37. The number of aliphatic carboxylic acids is 1. The summed E-state index contributed by atoms with van der Waals surface area (Å²) >= 11 is 0. The number of hydrogen-bond acceptors (Lipinski definition) is 7. The highest BCUT2D eigenvalue weighted by Crippen LogP contribution is 2.27. The van der Waals surface area contributed by atoms with Gasteiger partial charge in [-0.05, 0) is 12.1 Å². The maximum atomic E-state index is 14.0. The number of ether oxygens (including phenoxy) is 1. The minimum Gasteiger partial charge on any atom is -0.481 e. The number of nitrogens with one attached hydrogen (secondary N) is 1. The zero-order chi connectivity index (χ0) is 30.6. The molecule has 1 unspecified atom stereocenters. The molecule has 3 rings (SSSR count). The van der Waals surface area contributed by atoms with Crippen molar-refractivity contribution in [2.75, 3.05) is 32.8 Å². The molecule has 2 aromatic rings. The molecule has 0 aliphatic carbocycles. The van der Waals surface area contributed by atoms with E-state index in [4.69, 9.17) is 5.11 Å². The second-order valence-electron chi connectivity index (χ2n) is 8.47. The van der Waals surface area contributed by atoms with Crippen molar-refractivity contribution < 1.29 is 63.8 Å². The summed E-state index contributed by atoms with van der Waals surface area (Å²) in [7, 11) is -4.78. The lowest BCUT2D eigenvalue weighted by Crippen LogP contribution is -2.55. The molecule has 1 aliphatic heterocycles. The molecule has 1 saturated heterocycles. The summed E-state index contributed by atoms with van der Waals surface area (Å²) in [6.45, 7) is -3.97. The van der Waals surface area contributed by atoms with Crippen LogP contribution in [-0.4, -0.2) is 85.1 Å². The predicted molar refractivity (Wildman–Crippen MR) is 123 cm³/mol. The Labute approximate surface area is 227 Å². The van der Waals surface area contributed by atoms with E-state index in [-0.39, 0.29) is 6.07 Å². The molecule has 2 aromatic carbocycles. The number of halogens is 6. The van der Waals surface area contributed by atoms with Gasteiger partial charge in [-0.2, -0.15) is 13.1 Å². The van der Waals surface area contributed by atoms with E-state index in [1.807, 2.05) is 5.32 Å². The highest BCUT2D eigenvalue weighted by atomic mass is 32.2. The fourth-order valence-electron chi connectivity index (χ4n) is 3.67. The van der Waals surface area contributed by atoms with Gasteiger partial charge in [-0.3, -0.25) is 19.2 Å². The van der Waals surface area contributed by atoms with Crippen LogP contribution >= 0.6 is 0 Å². The van der Waals surface area contributed by atoms with Crippen LogP contribution in [0.5, 0.6) is 5.75 Å². The molecule has 18 heteroatoms. The van der Waals surface area contributed by atoms with E-state index in [0.29, 0.717) is 16.4 Å². The number of sulfonamides is 1. The number of ketones is 1. The zero-order valence-corrected chi connectivity index (χ0v) is 21.3. The van der Waals surface area contributed by atoms with Crippen molar-refractivity contribution >= 4 is 33.6 Å². The number of rotatable bonds is 11. The largest absolute Gasteiger partial charge is 0.481 e. The van der Waals surface area contributed by atoms with Gasteiger partial charge in [0, 0.05) is 19.2 Å².